The predicted molar refractivity (Wildman–Crippen MR) is 78.3 cm³/mol. The van der Waals surface area contributed by atoms with Gasteiger partial charge in [0.05, 0.1) is 19.8 Å². The van der Waals surface area contributed by atoms with E-state index in [0.29, 0.717) is 32.8 Å². The van der Waals surface area contributed by atoms with Crippen LogP contribution in [0.3, 0.4) is 0 Å². The highest BCUT2D eigenvalue weighted by atomic mass is 16.5. The van der Waals surface area contributed by atoms with Gasteiger partial charge in [-0.15, -0.1) is 0 Å². The standard InChI is InChI=1S/C16H24O4/c1-14(17)4-5-15-6-8-16(9-7-15)20-11-3-10-19-13-12-18-2/h6-9H,3-5,10-13H2,1-2H3. The molecule has 0 heterocycles. The van der Waals surface area contributed by atoms with Gasteiger partial charge in [-0.25, -0.2) is 0 Å². The zero-order chi connectivity index (χ0) is 14.6. The summed E-state index contributed by atoms with van der Waals surface area (Å²) in [7, 11) is 1.66. The maximum Gasteiger partial charge on any atom is 0.130 e. The number of methoxy groups -OCH3 is 1. The second-order valence-electron chi connectivity index (χ2n) is 4.65. The number of carbonyl (C=O) groups excluding carboxylic acids is 1. The number of rotatable bonds is 11. The Labute approximate surface area is 121 Å². The summed E-state index contributed by atoms with van der Waals surface area (Å²) in [5.41, 5.74) is 1.16. The van der Waals surface area contributed by atoms with Gasteiger partial charge in [-0.1, -0.05) is 12.1 Å². The van der Waals surface area contributed by atoms with Crippen LogP contribution in [0, 0.1) is 0 Å². The lowest BCUT2D eigenvalue weighted by Gasteiger charge is -2.07. The molecule has 0 saturated heterocycles. The van der Waals surface area contributed by atoms with Crippen LogP contribution in [0.4, 0.5) is 0 Å². The van der Waals surface area contributed by atoms with Gasteiger partial charge < -0.3 is 19.0 Å². The number of aryl methyl sites for hydroxylation is 1. The molecule has 1 aromatic rings. The second-order valence-corrected chi connectivity index (χ2v) is 4.65. The predicted octanol–water partition coefficient (Wildman–Crippen LogP) is 2.64. The Bertz CT molecular complexity index is 373. The molecule has 4 nitrogen and oxygen atoms in total. The molecule has 1 rings (SSSR count). The first-order valence-electron chi connectivity index (χ1n) is 7.00. The highest BCUT2D eigenvalue weighted by molar-refractivity contribution is 5.75. The smallest absolute Gasteiger partial charge is 0.130 e. The van der Waals surface area contributed by atoms with Gasteiger partial charge in [0.1, 0.15) is 11.5 Å². The van der Waals surface area contributed by atoms with Crippen LogP contribution < -0.4 is 4.74 Å². The molecule has 0 spiro atoms. The zero-order valence-corrected chi connectivity index (χ0v) is 12.4. The molecule has 4 heteroatoms. The number of ether oxygens (including phenoxy) is 3. The minimum Gasteiger partial charge on any atom is -0.494 e. The van der Waals surface area contributed by atoms with Gasteiger partial charge >= 0.3 is 0 Å². The molecule has 0 atom stereocenters. The molecular weight excluding hydrogens is 256 g/mol. The van der Waals surface area contributed by atoms with Crippen molar-refractivity contribution in [3.8, 4) is 5.75 Å². The summed E-state index contributed by atoms with van der Waals surface area (Å²) in [5, 5.41) is 0. The summed E-state index contributed by atoms with van der Waals surface area (Å²) in [6, 6.07) is 7.91. The third kappa shape index (κ3) is 7.92. The molecular formula is C16H24O4. The number of Topliss-reactive ketones (excluding diaryl/α,β-unsaturated/α-hetero) is 1. The van der Waals surface area contributed by atoms with Crippen molar-refractivity contribution in [2.24, 2.45) is 0 Å². The Morgan fingerprint density at radius 1 is 1.05 bits per heavy atom. The molecule has 0 fully saturated rings. The van der Waals surface area contributed by atoms with Crippen LogP contribution in [0.5, 0.6) is 5.75 Å². The minimum absolute atomic E-state index is 0.221. The molecule has 0 aromatic heterocycles. The van der Waals surface area contributed by atoms with Gasteiger partial charge in [0.2, 0.25) is 0 Å². The lowest BCUT2D eigenvalue weighted by molar-refractivity contribution is -0.116. The SMILES string of the molecule is COCCOCCCOc1ccc(CCC(C)=O)cc1. The molecule has 1 aromatic carbocycles. The first-order valence-corrected chi connectivity index (χ1v) is 7.00. The van der Waals surface area contributed by atoms with Gasteiger partial charge in [-0.3, -0.25) is 0 Å². The normalized spacial score (nSPS) is 10.5. The maximum atomic E-state index is 10.9. The first-order chi connectivity index (χ1) is 9.72. The van der Waals surface area contributed by atoms with E-state index in [1.807, 2.05) is 24.3 Å². The van der Waals surface area contributed by atoms with Crippen LogP contribution >= 0.6 is 0 Å². The van der Waals surface area contributed by atoms with E-state index >= 15 is 0 Å². The molecule has 0 saturated carbocycles. The molecule has 112 valence electrons. The van der Waals surface area contributed by atoms with E-state index in [0.717, 1.165) is 24.2 Å². The van der Waals surface area contributed by atoms with E-state index in [1.54, 1.807) is 14.0 Å². The van der Waals surface area contributed by atoms with Crippen LogP contribution in [0.25, 0.3) is 0 Å². The summed E-state index contributed by atoms with van der Waals surface area (Å²) < 4.78 is 15.8. The zero-order valence-electron chi connectivity index (χ0n) is 12.4. The number of benzene rings is 1. The first kappa shape index (κ1) is 16.7. The van der Waals surface area contributed by atoms with Crippen LogP contribution in [0.15, 0.2) is 24.3 Å². The number of hydrogen-bond acceptors (Lipinski definition) is 4. The fourth-order valence-electron chi connectivity index (χ4n) is 1.67. The minimum atomic E-state index is 0.221. The van der Waals surface area contributed by atoms with E-state index < -0.39 is 0 Å². The Hall–Kier alpha value is -1.39. The lowest BCUT2D eigenvalue weighted by atomic mass is 10.1. The molecule has 0 N–H and O–H groups in total. The van der Waals surface area contributed by atoms with E-state index in [-0.39, 0.29) is 5.78 Å². The van der Waals surface area contributed by atoms with Gasteiger partial charge in [0.15, 0.2) is 0 Å². The molecule has 20 heavy (non-hydrogen) atoms. The van der Waals surface area contributed by atoms with Crippen molar-refractivity contribution in [3.63, 3.8) is 0 Å². The summed E-state index contributed by atoms with van der Waals surface area (Å²) in [6.07, 6.45) is 2.25. The van der Waals surface area contributed by atoms with Crippen molar-refractivity contribution in [1.82, 2.24) is 0 Å². The van der Waals surface area contributed by atoms with E-state index in [4.69, 9.17) is 14.2 Å². The topological polar surface area (TPSA) is 44.8 Å². The van der Waals surface area contributed by atoms with Gasteiger partial charge in [0, 0.05) is 26.6 Å². The number of ketones is 1. The maximum absolute atomic E-state index is 10.9. The van der Waals surface area contributed by atoms with Gasteiger partial charge in [-0.2, -0.15) is 0 Å². The summed E-state index contributed by atoms with van der Waals surface area (Å²) in [6.45, 7) is 4.19. The average Bonchev–Trinajstić information content (AvgIpc) is 2.45. The Balaban J connectivity index is 2.13. The lowest BCUT2D eigenvalue weighted by Crippen LogP contribution is -2.06. The third-order valence-corrected chi connectivity index (χ3v) is 2.82. The van der Waals surface area contributed by atoms with Crippen molar-refractivity contribution in [3.05, 3.63) is 29.8 Å². The average molecular weight is 280 g/mol. The summed E-state index contributed by atoms with van der Waals surface area (Å²) in [4.78, 5) is 10.9. The number of hydrogen-bond donors (Lipinski definition) is 0. The largest absolute Gasteiger partial charge is 0.494 e. The molecule has 0 aliphatic carbocycles. The van der Waals surface area contributed by atoms with E-state index in [1.165, 1.54) is 0 Å². The fourth-order valence-corrected chi connectivity index (χ4v) is 1.67. The Morgan fingerprint density at radius 2 is 1.80 bits per heavy atom. The molecule has 0 amide bonds. The Morgan fingerprint density at radius 3 is 2.45 bits per heavy atom. The highest BCUT2D eigenvalue weighted by Crippen LogP contribution is 2.13. The molecule has 0 aliphatic rings. The summed E-state index contributed by atoms with van der Waals surface area (Å²) >= 11 is 0. The second kappa shape index (κ2) is 10.4. The molecule has 0 radical (unpaired) electrons. The van der Waals surface area contributed by atoms with Crippen molar-refractivity contribution in [2.45, 2.75) is 26.2 Å². The third-order valence-electron chi connectivity index (χ3n) is 2.82. The van der Waals surface area contributed by atoms with Crippen molar-refractivity contribution in [2.75, 3.05) is 33.5 Å². The van der Waals surface area contributed by atoms with Crippen LogP contribution in [0.2, 0.25) is 0 Å². The number of carbonyl (C=O) groups is 1. The molecule has 0 bridgehead atoms. The highest BCUT2D eigenvalue weighted by Gasteiger charge is 1.98. The van der Waals surface area contributed by atoms with Crippen molar-refractivity contribution >= 4 is 5.78 Å². The monoisotopic (exact) mass is 280 g/mol. The van der Waals surface area contributed by atoms with Crippen LogP contribution in [-0.2, 0) is 20.7 Å². The van der Waals surface area contributed by atoms with Gasteiger partial charge in [-0.05, 0) is 31.0 Å². The van der Waals surface area contributed by atoms with Crippen molar-refractivity contribution < 1.29 is 19.0 Å². The summed E-state index contributed by atoms with van der Waals surface area (Å²) in [5.74, 6) is 1.08. The fraction of sp³-hybridized carbons (Fsp3) is 0.562. The van der Waals surface area contributed by atoms with Crippen molar-refractivity contribution in [1.29, 1.82) is 0 Å². The van der Waals surface area contributed by atoms with Crippen LogP contribution in [0.1, 0.15) is 25.3 Å². The van der Waals surface area contributed by atoms with Gasteiger partial charge in [0.25, 0.3) is 0 Å². The Kier molecular flexibility index (Phi) is 8.67. The van der Waals surface area contributed by atoms with E-state index in [9.17, 15) is 4.79 Å². The molecule has 0 unspecified atom stereocenters. The van der Waals surface area contributed by atoms with E-state index in [2.05, 4.69) is 0 Å². The molecule has 0 aliphatic heterocycles. The quantitative estimate of drug-likeness (QED) is 0.585. The van der Waals surface area contributed by atoms with Crippen LogP contribution in [-0.4, -0.2) is 39.3 Å².